The number of benzene rings is 1. The monoisotopic (exact) mass is 247 g/mol. The Kier molecular flexibility index (Phi) is 3.18. The van der Waals surface area contributed by atoms with E-state index >= 15 is 0 Å². The van der Waals surface area contributed by atoms with Crippen molar-refractivity contribution in [3.05, 3.63) is 58.2 Å². The molecule has 0 radical (unpaired) electrons. The molecule has 1 N–H and O–H groups in total. The predicted octanol–water partition coefficient (Wildman–Crippen LogP) is 3.18. The molecule has 0 aliphatic rings. The molecule has 0 fully saturated rings. The van der Waals surface area contributed by atoms with E-state index in [4.69, 9.17) is 0 Å². The first-order valence-corrected chi connectivity index (χ1v) is 5.20. The van der Waals surface area contributed by atoms with E-state index in [1.165, 1.54) is 36.5 Å². The maximum atomic E-state index is 12.8. The predicted molar refractivity (Wildman–Crippen MR) is 65.3 cm³/mol. The summed E-state index contributed by atoms with van der Waals surface area (Å²) in [5.74, 6) is -0.360. The lowest BCUT2D eigenvalue weighted by atomic mass is 10.2. The van der Waals surface area contributed by atoms with Crippen molar-refractivity contribution < 1.29 is 9.31 Å². The molecule has 2 rings (SSSR count). The number of anilines is 2. The van der Waals surface area contributed by atoms with Gasteiger partial charge < -0.3 is 5.32 Å². The molecule has 0 aliphatic carbocycles. The molecule has 0 bridgehead atoms. The summed E-state index contributed by atoms with van der Waals surface area (Å²) in [7, 11) is 0. The lowest BCUT2D eigenvalue weighted by molar-refractivity contribution is -0.384. The minimum absolute atomic E-state index is 0.0816. The number of nitrogens with one attached hydrogen (secondary N) is 1. The Morgan fingerprint density at radius 1 is 1.28 bits per heavy atom. The number of halogens is 1. The minimum atomic E-state index is -0.492. The maximum absolute atomic E-state index is 12.8. The Bertz CT molecular complexity index is 584. The summed E-state index contributed by atoms with van der Waals surface area (Å²) >= 11 is 0. The second kappa shape index (κ2) is 4.79. The van der Waals surface area contributed by atoms with E-state index in [9.17, 15) is 14.5 Å². The molecule has 0 saturated heterocycles. The second-order valence-corrected chi connectivity index (χ2v) is 3.68. The first kappa shape index (κ1) is 12.0. The van der Waals surface area contributed by atoms with Gasteiger partial charge in [0.1, 0.15) is 17.2 Å². The standard InChI is InChI=1S/C12H10FN3O2/c1-8-12(16(17)18)11(6-7-14-8)15-10-4-2-9(13)3-5-10/h2-7H,1H3,(H,14,15). The van der Waals surface area contributed by atoms with Crippen LogP contribution in [0, 0.1) is 22.9 Å². The molecule has 6 heteroatoms. The molecule has 0 saturated carbocycles. The van der Waals surface area contributed by atoms with Crippen molar-refractivity contribution in [2.75, 3.05) is 5.32 Å². The van der Waals surface area contributed by atoms with Gasteiger partial charge in [0.25, 0.3) is 0 Å². The van der Waals surface area contributed by atoms with Gasteiger partial charge in [-0.25, -0.2) is 4.39 Å². The van der Waals surface area contributed by atoms with Crippen molar-refractivity contribution in [3.63, 3.8) is 0 Å². The van der Waals surface area contributed by atoms with Gasteiger partial charge in [-0.2, -0.15) is 0 Å². The van der Waals surface area contributed by atoms with Gasteiger partial charge in [0.2, 0.25) is 0 Å². The molecule has 2 aromatic rings. The molecule has 0 amide bonds. The van der Waals surface area contributed by atoms with E-state index in [0.29, 0.717) is 17.1 Å². The fourth-order valence-electron chi connectivity index (χ4n) is 1.58. The minimum Gasteiger partial charge on any atom is -0.350 e. The summed E-state index contributed by atoms with van der Waals surface area (Å²) in [4.78, 5) is 14.3. The Balaban J connectivity index is 2.37. The van der Waals surface area contributed by atoms with Crippen LogP contribution in [0.2, 0.25) is 0 Å². The van der Waals surface area contributed by atoms with Crippen LogP contribution in [0.4, 0.5) is 21.5 Å². The third kappa shape index (κ3) is 2.42. The van der Waals surface area contributed by atoms with E-state index in [1.54, 1.807) is 6.92 Å². The largest absolute Gasteiger partial charge is 0.350 e. The Morgan fingerprint density at radius 2 is 1.94 bits per heavy atom. The molecule has 1 aromatic carbocycles. The molecule has 18 heavy (non-hydrogen) atoms. The average molecular weight is 247 g/mol. The quantitative estimate of drug-likeness (QED) is 0.668. The lowest BCUT2D eigenvalue weighted by Gasteiger charge is -2.07. The van der Waals surface area contributed by atoms with Crippen LogP contribution in [0.5, 0.6) is 0 Å². The molecule has 0 aliphatic heterocycles. The summed E-state index contributed by atoms with van der Waals surface area (Å²) in [5.41, 5.74) is 1.15. The van der Waals surface area contributed by atoms with Gasteiger partial charge in [-0.3, -0.25) is 15.1 Å². The Morgan fingerprint density at radius 3 is 2.56 bits per heavy atom. The van der Waals surface area contributed by atoms with Crippen LogP contribution in [0.3, 0.4) is 0 Å². The molecule has 1 heterocycles. The van der Waals surface area contributed by atoms with E-state index in [-0.39, 0.29) is 11.5 Å². The van der Waals surface area contributed by atoms with Crippen LogP contribution < -0.4 is 5.32 Å². The van der Waals surface area contributed by atoms with E-state index in [1.807, 2.05) is 0 Å². The maximum Gasteiger partial charge on any atom is 0.313 e. The Labute approximate surface area is 102 Å². The van der Waals surface area contributed by atoms with E-state index in [0.717, 1.165) is 0 Å². The van der Waals surface area contributed by atoms with Crippen molar-refractivity contribution in [1.82, 2.24) is 4.98 Å². The molecule has 0 spiro atoms. The van der Waals surface area contributed by atoms with Gasteiger partial charge in [-0.15, -0.1) is 0 Å². The SMILES string of the molecule is Cc1nccc(Nc2ccc(F)cc2)c1[N+](=O)[O-]. The molecule has 1 aromatic heterocycles. The third-order valence-corrected chi connectivity index (χ3v) is 2.41. The molecular formula is C12H10FN3O2. The van der Waals surface area contributed by atoms with Crippen molar-refractivity contribution in [2.45, 2.75) is 6.92 Å². The summed E-state index contributed by atoms with van der Waals surface area (Å²) < 4.78 is 12.8. The summed E-state index contributed by atoms with van der Waals surface area (Å²) in [6, 6.07) is 7.09. The zero-order chi connectivity index (χ0) is 13.1. The topological polar surface area (TPSA) is 68.1 Å². The molecular weight excluding hydrogens is 237 g/mol. The van der Waals surface area contributed by atoms with Gasteiger partial charge >= 0.3 is 5.69 Å². The van der Waals surface area contributed by atoms with Gasteiger partial charge in [-0.1, -0.05) is 0 Å². The first-order valence-electron chi connectivity index (χ1n) is 5.20. The number of pyridine rings is 1. The molecule has 92 valence electrons. The van der Waals surface area contributed by atoms with E-state index < -0.39 is 4.92 Å². The van der Waals surface area contributed by atoms with Gasteiger partial charge in [0.15, 0.2) is 0 Å². The molecule has 5 nitrogen and oxygen atoms in total. The smallest absolute Gasteiger partial charge is 0.313 e. The van der Waals surface area contributed by atoms with Crippen LogP contribution in [-0.4, -0.2) is 9.91 Å². The number of rotatable bonds is 3. The molecule has 0 unspecified atom stereocenters. The number of hydrogen-bond acceptors (Lipinski definition) is 4. The fraction of sp³-hybridized carbons (Fsp3) is 0.0833. The third-order valence-electron chi connectivity index (χ3n) is 2.41. The first-order chi connectivity index (χ1) is 8.58. The highest BCUT2D eigenvalue weighted by Crippen LogP contribution is 2.29. The number of nitrogens with zero attached hydrogens (tertiary/aromatic N) is 2. The summed E-state index contributed by atoms with van der Waals surface area (Å²) in [6.07, 6.45) is 1.48. The summed E-state index contributed by atoms with van der Waals surface area (Å²) in [6.45, 7) is 1.56. The van der Waals surface area contributed by atoms with Gasteiger partial charge in [0.05, 0.1) is 4.92 Å². The van der Waals surface area contributed by atoms with Crippen LogP contribution in [0.15, 0.2) is 36.5 Å². The van der Waals surface area contributed by atoms with Crippen molar-refractivity contribution in [2.24, 2.45) is 0 Å². The second-order valence-electron chi connectivity index (χ2n) is 3.68. The van der Waals surface area contributed by atoms with Crippen LogP contribution in [-0.2, 0) is 0 Å². The van der Waals surface area contributed by atoms with Crippen LogP contribution >= 0.6 is 0 Å². The zero-order valence-electron chi connectivity index (χ0n) is 9.55. The van der Waals surface area contributed by atoms with Crippen molar-refractivity contribution in [3.8, 4) is 0 Å². The average Bonchev–Trinajstić information content (AvgIpc) is 2.32. The number of hydrogen-bond donors (Lipinski definition) is 1. The highest BCUT2D eigenvalue weighted by Gasteiger charge is 2.17. The highest BCUT2D eigenvalue weighted by molar-refractivity contribution is 5.70. The van der Waals surface area contributed by atoms with Crippen molar-refractivity contribution in [1.29, 1.82) is 0 Å². The van der Waals surface area contributed by atoms with E-state index in [2.05, 4.69) is 10.3 Å². The Hall–Kier alpha value is -2.50. The summed E-state index contributed by atoms with van der Waals surface area (Å²) in [5, 5.41) is 13.8. The number of aryl methyl sites for hydroxylation is 1. The highest BCUT2D eigenvalue weighted by atomic mass is 19.1. The van der Waals surface area contributed by atoms with Crippen molar-refractivity contribution >= 4 is 17.1 Å². The number of aromatic nitrogens is 1. The van der Waals surface area contributed by atoms with Crippen LogP contribution in [0.25, 0.3) is 0 Å². The lowest BCUT2D eigenvalue weighted by Crippen LogP contribution is -2.00. The zero-order valence-corrected chi connectivity index (χ0v) is 9.55. The van der Waals surface area contributed by atoms with Gasteiger partial charge in [0, 0.05) is 11.9 Å². The van der Waals surface area contributed by atoms with Gasteiger partial charge in [-0.05, 0) is 37.3 Å². The normalized spacial score (nSPS) is 10.1. The number of nitro groups is 1. The fourth-order valence-corrected chi connectivity index (χ4v) is 1.58. The van der Waals surface area contributed by atoms with Crippen LogP contribution in [0.1, 0.15) is 5.69 Å². The molecule has 0 atom stereocenters.